The number of anilines is 2. The van der Waals surface area contributed by atoms with Gasteiger partial charge in [0, 0.05) is 85.1 Å². The Hall–Kier alpha value is -5.45. The zero-order valence-corrected chi connectivity index (χ0v) is 35.6. The number of carbonyl (C=O) groups excluding carboxylic acids is 5. The lowest BCUT2D eigenvalue weighted by Crippen LogP contribution is -2.74. The fourth-order valence-corrected chi connectivity index (χ4v) is 10.8. The molecule has 1 unspecified atom stereocenters. The Morgan fingerprint density at radius 3 is 2.22 bits per heavy atom. The highest BCUT2D eigenvalue weighted by Crippen LogP contribution is 2.55. The van der Waals surface area contributed by atoms with Gasteiger partial charge in [0.25, 0.3) is 17.7 Å². The van der Waals surface area contributed by atoms with Crippen molar-refractivity contribution in [3.63, 3.8) is 0 Å². The Morgan fingerprint density at radius 1 is 0.883 bits per heavy atom. The third kappa shape index (κ3) is 7.49. The van der Waals surface area contributed by atoms with Crippen LogP contribution < -0.4 is 25.2 Å². The molecule has 8 rings (SSSR count). The number of ether oxygens (including phenoxy) is 1. The van der Waals surface area contributed by atoms with Gasteiger partial charge in [-0.25, -0.2) is 0 Å². The van der Waals surface area contributed by atoms with E-state index in [1.54, 1.807) is 30.3 Å². The molecule has 2 N–H and O–H groups in total. The molecule has 0 spiro atoms. The lowest BCUT2D eigenvalue weighted by Gasteiger charge is -2.63. The molecule has 1 aliphatic carbocycles. The van der Waals surface area contributed by atoms with Gasteiger partial charge in [-0.1, -0.05) is 39.3 Å². The Bertz CT molecular complexity index is 2260. The van der Waals surface area contributed by atoms with E-state index >= 15 is 0 Å². The number of hydrogen-bond acceptors (Lipinski definition) is 10. The topological polar surface area (TPSA) is 155 Å². The standard InChI is InChI=1S/C46H52ClN7O6/c1-45(2)43(46(3,4)44(45)60-33-12-8-29(24-48)36(47)23-33)50-39(56)28-6-9-30(10-7-28)53-21-18-32(26-53)51(5)25-27-16-19-52(20-17-27)31-11-13-34-35(22-31)42(59)54(41(34)58)37-14-15-38(55)49-40(37)57/h6-13,22-23,27,32,37,43-44H,14-21,25-26H2,1-5H3,(H,50,56)(H,49,55,57)/t32-,37?,43?,44?/m0/s1. The van der Waals surface area contributed by atoms with Crippen molar-refractivity contribution in [3.05, 3.63) is 87.9 Å². The minimum absolute atomic E-state index is 0.0899. The van der Waals surface area contributed by atoms with Crippen molar-refractivity contribution in [1.82, 2.24) is 20.4 Å². The fourth-order valence-electron chi connectivity index (χ4n) is 10.6. The maximum absolute atomic E-state index is 13.6. The summed E-state index contributed by atoms with van der Waals surface area (Å²) >= 11 is 6.26. The van der Waals surface area contributed by atoms with Crippen molar-refractivity contribution < 1.29 is 28.7 Å². The summed E-state index contributed by atoms with van der Waals surface area (Å²) in [6.07, 6.45) is 3.11. The normalized spacial score (nSPS) is 24.9. The van der Waals surface area contributed by atoms with Crippen LogP contribution in [0.25, 0.3) is 0 Å². The number of carbonyl (C=O) groups is 5. The third-order valence-electron chi connectivity index (χ3n) is 13.7. The van der Waals surface area contributed by atoms with Gasteiger partial charge >= 0.3 is 0 Å². The molecule has 60 heavy (non-hydrogen) atoms. The number of nitrogens with one attached hydrogen (secondary N) is 2. The van der Waals surface area contributed by atoms with Crippen molar-refractivity contribution in [2.45, 2.75) is 84.0 Å². The van der Waals surface area contributed by atoms with Crippen LogP contribution in [0.5, 0.6) is 5.75 Å². The summed E-state index contributed by atoms with van der Waals surface area (Å²) in [6.45, 7) is 12.9. The zero-order chi connectivity index (χ0) is 42.7. The number of hydrogen-bond donors (Lipinski definition) is 2. The third-order valence-corrected chi connectivity index (χ3v) is 14.0. The van der Waals surface area contributed by atoms with E-state index in [1.807, 2.05) is 30.3 Å². The second kappa shape index (κ2) is 15.9. The van der Waals surface area contributed by atoms with Crippen LogP contribution in [0, 0.1) is 28.1 Å². The van der Waals surface area contributed by atoms with E-state index in [1.165, 1.54) is 0 Å². The van der Waals surface area contributed by atoms with Gasteiger partial charge in [-0.15, -0.1) is 0 Å². The average Bonchev–Trinajstić information content (AvgIpc) is 3.82. The molecule has 5 amide bonds. The number of benzene rings is 3. The van der Waals surface area contributed by atoms with Crippen molar-refractivity contribution in [2.24, 2.45) is 16.7 Å². The van der Waals surface area contributed by atoms with Crippen LogP contribution in [-0.4, -0.2) is 103 Å². The van der Waals surface area contributed by atoms with Gasteiger partial charge in [0.05, 0.1) is 21.7 Å². The van der Waals surface area contributed by atoms with E-state index < -0.39 is 29.7 Å². The van der Waals surface area contributed by atoms with Crippen LogP contribution in [0.15, 0.2) is 60.7 Å². The van der Waals surface area contributed by atoms with E-state index in [2.05, 4.69) is 66.1 Å². The van der Waals surface area contributed by atoms with Crippen LogP contribution in [0.3, 0.4) is 0 Å². The van der Waals surface area contributed by atoms with Gasteiger partial charge in [0.2, 0.25) is 11.8 Å². The second-order valence-corrected chi connectivity index (χ2v) is 18.7. The molecule has 4 heterocycles. The molecule has 3 saturated heterocycles. The van der Waals surface area contributed by atoms with Crippen LogP contribution in [0.2, 0.25) is 5.02 Å². The fraction of sp³-hybridized carbons (Fsp3) is 0.478. The maximum Gasteiger partial charge on any atom is 0.262 e. The van der Waals surface area contributed by atoms with Crippen molar-refractivity contribution in [1.29, 1.82) is 5.26 Å². The van der Waals surface area contributed by atoms with Gasteiger partial charge in [-0.05, 0) is 93.2 Å². The highest BCUT2D eigenvalue weighted by Gasteiger charge is 2.64. The first-order valence-electron chi connectivity index (χ1n) is 20.9. The largest absolute Gasteiger partial charge is 0.489 e. The van der Waals surface area contributed by atoms with Crippen LogP contribution in [0.4, 0.5) is 11.4 Å². The number of rotatable bonds is 10. The molecule has 3 aromatic rings. The summed E-state index contributed by atoms with van der Waals surface area (Å²) in [5.41, 5.74) is 2.89. The van der Waals surface area contributed by atoms with E-state index in [4.69, 9.17) is 16.3 Å². The SMILES string of the molecule is CN(CC1CCN(c2ccc3c(c2)C(=O)N(C2CCC(=O)NC2=O)C3=O)CC1)[C@H]1CCN(c2ccc(C(=O)NC3C(C)(C)C(Oc4ccc(C#N)c(Cl)c4)C3(C)C)cc2)C1. The van der Waals surface area contributed by atoms with Gasteiger partial charge in [0.1, 0.15) is 24.0 Å². The smallest absolute Gasteiger partial charge is 0.262 e. The molecule has 0 bridgehead atoms. The first kappa shape index (κ1) is 41.3. The Kier molecular flexibility index (Phi) is 10.9. The van der Waals surface area contributed by atoms with Gasteiger partial charge in [-0.3, -0.25) is 34.2 Å². The molecule has 2 atom stereocenters. The van der Waals surface area contributed by atoms with Crippen LogP contribution in [0.1, 0.15) is 96.4 Å². The molecule has 0 radical (unpaired) electrons. The monoisotopic (exact) mass is 833 g/mol. The number of nitriles is 1. The predicted molar refractivity (Wildman–Crippen MR) is 227 cm³/mol. The molecule has 3 aromatic carbocycles. The van der Waals surface area contributed by atoms with Crippen LogP contribution in [-0.2, 0) is 9.59 Å². The maximum atomic E-state index is 13.6. The first-order chi connectivity index (χ1) is 28.6. The molecule has 13 nitrogen and oxygen atoms in total. The lowest BCUT2D eigenvalue weighted by atomic mass is 9.49. The van der Waals surface area contributed by atoms with Crippen LogP contribution >= 0.6 is 11.6 Å². The minimum Gasteiger partial charge on any atom is -0.489 e. The lowest BCUT2D eigenvalue weighted by molar-refractivity contribution is -0.164. The van der Waals surface area contributed by atoms with E-state index in [9.17, 15) is 29.2 Å². The number of fused-ring (bicyclic) bond motifs is 1. The number of imide groups is 2. The zero-order valence-electron chi connectivity index (χ0n) is 34.8. The summed E-state index contributed by atoms with van der Waals surface area (Å²) < 4.78 is 6.39. The molecule has 1 saturated carbocycles. The van der Waals surface area contributed by atoms with Crippen molar-refractivity contribution in [3.8, 4) is 11.8 Å². The summed E-state index contributed by atoms with van der Waals surface area (Å²) in [5.74, 6) is -0.967. The minimum atomic E-state index is -0.976. The molecule has 0 aromatic heterocycles. The highest BCUT2D eigenvalue weighted by atomic mass is 35.5. The van der Waals surface area contributed by atoms with Gasteiger partial charge in [0.15, 0.2) is 0 Å². The quantitative estimate of drug-likeness (QED) is 0.245. The number of likely N-dealkylation sites (N-methyl/N-ethyl adjacent to an activating group) is 1. The molecule has 5 aliphatic rings. The summed E-state index contributed by atoms with van der Waals surface area (Å²) in [5, 5.41) is 15.1. The molecule has 314 valence electrons. The Balaban J connectivity index is 0.803. The molecular formula is C46H52ClN7O6. The summed E-state index contributed by atoms with van der Waals surface area (Å²) in [7, 11) is 2.21. The predicted octanol–water partition coefficient (Wildman–Crippen LogP) is 5.65. The molecule has 14 heteroatoms. The number of piperidine rings is 2. The van der Waals surface area contributed by atoms with E-state index in [-0.39, 0.29) is 41.7 Å². The average molecular weight is 834 g/mol. The Morgan fingerprint density at radius 2 is 1.55 bits per heavy atom. The molecule has 4 aliphatic heterocycles. The van der Waals surface area contributed by atoms with E-state index in [0.29, 0.717) is 45.0 Å². The first-order valence-corrected chi connectivity index (χ1v) is 21.3. The van der Waals surface area contributed by atoms with E-state index in [0.717, 1.165) is 68.3 Å². The summed E-state index contributed by atoms with van der Waals surface area (Å²) in [6, 6.07) is 19.7. The van der Waals surface area contributed by atoms with Crippen molar-refractivity contribution >= 4 is 52.5 Å². The Labute approximate surface area is 355 Å². The van der Waals surface area contributed by atoms with Gasteiger partial charge < -0.3 is 24.8 Å². The molecule has 4 fully saturated rings. The van der Waals surface area contributed by atoms with Gasteiger partial charge in [-0.2, -0.15) is 5.26 Å². The number of halogens is 1. The van der Waals surface area contributed by atoms with Crippen molar-refractivity contribution in [2.75, 3.05) is 49.6 Å². The number of nitrogens with zero attached hydrogens (tertiary/aromatic N) is 5. The number of amides is 5. The molecular weight excluding hydrogens is 782 g/mol. The highest BCUT2D eigenvalue weighted by molar-refractivity contribution is 6.31. The second-order valence-electron chi connectivity index (χ2n) is 18.3. The summed E-state index contributed by atoms with van der Waals surface area (Å²) in [4.78, 5) is 72.3.